The van der Waals surface area contributed by atoms with E-state index in [0.29, 0.717) is 0 Å². The number of amides is 1. The van der Waals surface area contributed by atoms with Crippen molar-refractivity contribution in [3.05, 3.63) is 59.2 Å². The van der Waals surface area contributed by atoms with Crippen LogP contribution in [0, 0.1) is 13.8 Å². The Morgan fingerprint density at radius 1 is 1.12 bits per heavy atom. The zero-order chi connectivity index (χ0) is 23.9. The maximum atomic E-state index is 13.0. The van der Waals surface area contributed by atoms with Gasteiger partial charge in [0, 0.05) is 13.0 Å². The molecule has 6 nitrogen and oxygen atoms in total. The molecule has 0 aliphatic carbocycles. The lowest BCUT2D eigenvalue weighted by molar-refractivity contribution is -0.137. The number of carbonyl (C=O) groups excluding carboxylic acids is 1. The number of sulfonamides is 1. The molecule has 1 amide bonds. The first-order chi connectivity index (χ1) is 14.9. The second-order valence-corrected chi connectivity index (χ2v) is 9.29. The summed E-state index contributed by atoms with van der Waals surface area (Å²) >= 11 is 0. The van der Waals surface area contributed by atoms with Crippen LogP contribution in [0.1, 0.15) is 29.5 Å². The van der Waals surface area contributed by atoms with E-state index in [9.17, 15) is 26.4 Å². The topological polar surface area (TPSA) is 75.7 Å². The first-order valence-electron chi connectivity index (χ1n) is 10.0. The molecule has 0 aromatic heterocycles. The average Bonchev–Trinajstić information content (AvgIpc) is 2.70. The van der Waals surface area contributed by atoms with E-state index < -0.39 is 21.8 Å². The van der Waals surface area contributed by atoms with Crippen molar-refractivity contribution in [2.45, 2.75) is 32.9 Å². The summed E-state index contributed by atoms with van der Waals surface area (Å²) in [7, 11) is -3.82. The maximum absolute atomic E-state index is 13.0. The van der Waals surface area contributed by atoms with Gasteiger partial charge < -0.3 is 10.1 Å². The number of nitrogens with one attached hydrogen (secondary N) is 1. The van der Waals surface area contributed by atoms with Crippen LogP contribution in [0.25, 0.3) is 0 Å². The third-order valence-corrected chi connectivity index (χ3v) is 6.06. The summed E-state index contributed by atoms with van der Waals surface area (Å²) in [5, 5.41) is 2.69. The Hall–Kier alpha value is -2.75. The van der Waals surface area contributed by atoms with Crippen LogP contribution in [-0.4, -0.2) is 40.3 Å². The fourth-order valence-electron chi connectivity index (χ4n) is 3.03. The molecule has 176 valence electrons. The Morgan fingerprint density at radius 2 is 1.81 bits per heavy atom. The molecule has 0 spiro atoms. The minimum atomic E-state index is -4.59. The number of anilines is 1. The van der Waals surface area contributed by atoms with Crippen molar-refractivity contribution in [3.8, 4) is 5.75 Å². The van der Waals surface area contributed by atoms with Gasteiger partial charge in [-0.25, -0.2) is 8.42 Å². The molecule has 2 aromatic rings. The van der Waals surface area contributed by atoms with Gasteiger partial charge in [0.05, 0.1) is 24.1 Å². The monoisotopic (exact) mass is 472 g/mol. The van der Waals surface area contributed by atoms with Crippen LogP contribution in [0.5, 0.6) is 5.75 Å². The van der Waals surface area contributed by atoms with Gasteiger partial charge in [-0.1, -0.05) is 18.2 Å². The minimum absolute atomic E-state index is 0.0223. The summed E-state index contributed by atoms with van der Waals surface area (Å²) in [6.45, 7) is 4.35. The molecule has 0 atom stereocenters. The fraction of sp³-hybridized carbons (Fsp3) is 0.409. The van der Waals surface area contributed by atoms with Crippen molar-refractivity contribution < 1.29 is 31.1 Å². The highest BCUT2D eigenvalue weighted by Gasteiger charge is 2.31. The first kappa shape index (κ1) is 25.5. The van der Waals surface area contributed by atoms with E-state index in [4.69, 9.17) is 4.74 Å². The number of aryl methyl sites for hydroxylation is 1. The predicted octanol–water partition coefficient (Wildman–Crippen LogP) is 4.06. The first-order valence-corrected chi connectivity index (χ1v) is 11.8. The molecule has 0 fully saturated rings. The number of hydrogen-bond donors (Lipinski definition) is 1. The summed E-state index contributed by atoms with van der Waals surface area (Å²) in [4.78, 5) is 12.0. The van der Waals surface area contributed by atoms with Gasteiger partial charge in [0.25, 0.3) is 0 Å². The Morgan fingerprint density at radius 3 is 2.47 bits per heavy atom. The van der Waals surface area contributed by atoms with E-state index in [2.05, 4.69) is 5.32 Å². The van der Waals surface area contributed by atoms with Gasteiger partial charge >= 0.3 is 6.18 Å². The van der Waals surface area contributed by atoms with Crippen molar-refractivity contribution in [1.29, 1.82) is 0 Å². The zero-order valence-electron chi connectivity index (χ0n) is 18.2. The molecule has 0 saturated heterocycles. The summed E-state index contributed by atoms with van der Waals surface area (Å²) in [6, 6.07) is 9.80. The predicted molar refractivity (Wildman–Crippen MR) is 117 cm³/mol. The average molecular weight is 473 g/mol. The largest absolute Gasteiger partial charge is 0.491 e. The molecule has 2 rings (SSSR count). The van der Waals surface area contributed by atoms with E-state index in [1.807, 2.05) is 32.0 Å². The molecular formula is C22H27F3N2O4S. The summed E-state index contributed by atoms with van der Waals surface area (Å²) < 4.78 is 69.6. The molecule has 0 heterocycles. The lowest BCUT2D eigenvalue weighted by Crippen LogP contribution is -2.33. The van der Waals surface area contributed by atoms with E-state index in [1.54, 1.807) is 0 Å². The minimum Gasteiger partial charge on any atom is -0.491 e. The number of halogens is 3. The van der Waals surface area contributed by atoms with E-state index in [-0.39, 0.29) is 44.1 Å². The van der Waals surface area contributed by atoms with Gasteiger partial charge in [0.15, 0.2) is 0 Å². The number of ether oxygens (including phenoxy) is 1. The van der Waals surface area contributed by atoms with Crippen LogP contribution in [0.15, 0.2) is 42.5 Å². The standard InChI is InChI=1S/C22H27F3N2O4S/c1-16-7-4-10-20(17(16)2)31-14-12-26-21(28)11-6-13-27(32(3,29)30)19-9-5-8-18(15-19)22(23,24)25/h4-5,7-10,15H,6,11-14H2,1-3H3,(H,26,28). The third-order valence-electron chi connectivity index (χ3n) is 4.86. The number of alkyl halides is 3. The molecular weight excluding hydrogens is 445 g/mol. The van der Waals surface area contributed by atoms with Gasteiger partial charge in [0.1, 0.15) is 12.4 Å². The van der Waals surface area contributed by atoms with Crippen molar-refractivity contribution >= 4 is 21.6 Å². The molecule has 2 aromatic carbocycles. The number of benzene rings is 2. The summed E-state index contributed by atoms with van der Waals surface area (Å²) in [5.74, 6) is 0.441. The molecule has 0 bridgehead atoms. The van der Waals surface area contributed by atoms with Crippen molar-refractivity contribution in [2.24, 2.45) is 0 Å². The molecule has 32 heavy (non-hydrogen) atoms. The lowest BCUT2D eigenvalue weighted by atomic mass is 10.1. The maximum Gasteiger partial charge on any atom is 0.416 e. The highest BCUT2D eigenvalue weighted by atomic mass is 32.2. The van der Waals surface area contributed by atoms with Gasteiger partial charge in [-0.05, 0) is 55.7 Å². The molecule has 0 saturated carbocycles. The van der Waals surface area contributed by atoms with E-state index >= 15 is 0 Å². The number of nitrogens with zero attached hydrogens (tertiary/aromatic N) is 1. The molecule has 0 radical (unpaired) electrons. The van der Waals surface area contributed by atoms with Crippen LogP contribution in [0.3, 0.4) is 0 Å². The van der Waals surface area contributed by atoms with Crippen LogP contribution in [0.4, 0.5) is 18.9 Å². The number of hydrogen-bond acceptors (Lipinski definition) is 4. The number of carbonyl (C=O) groups is 1. The Kier molecular flexibility index (Phi) is 8.54. The van der Waals surface area contributed by atoms with Gasteiger partial charge in [-0.2, -0.15) is 13.2 Å². The SMILES string of the molecule is Cc1cccc(OCCNC(=O)CCCN(c2cccc(C(F)(F)F)c2)S(C)(=O)=O)c1C. The van der Waals surface area contributed by atoms with E-state index in [0.717, 1.165) is 45.6 Å². The molecule has 0 aliphatic heterocycles. The van der Waals surface area contributed by atoms with Crippen LogP contribution in [-0.2, 0) is 21.0 Å². The summed E-state index contributed by atoms with van der Waals surface area (Å²) in [5.41, 5.74) is 1.09. The van der Waals surface area contributed by atoms with Gasteiger partial charge in [-0.3, -0.25) is 9.10 Å². The van der Waals surface area contributed by atoms with Gasteiger partial charge in [0.2, 0.25) is 15.9 Å². The smallest absolute Gasteiger partial charge is 0.416 e. The van der Waals surface area contributed by atoms with Crippen molar-refractivity contribution in [2.75, 3.05) is 30.3 Å². The Bertz CT molecular complexity index is 1040. The lowest BCUT2D eigenvalue weighted by Gasteiger charge is -2.23. The van der Waals surface area contributed by atoms with Crippen LogP contribution < -0.4 is 14.4 Å². The number of rotatable bonds is 10. The van der Waals surface area contributed by atoms with Crippen molar-refractivity contribution in [1.82, 2.24) is 5.32 Å². The molecule has 1 N–H and O–H groups in total. The second-order valence-electron chi connectivity index (χ2n) is 7.38. The highest BCUT2D eigenvalue weighted by Crippen LogP contribution is 2.32. The third kappa shape index (κ3) is 7.44. The molecule has 0 aliphatic rings. The Balaban J connectivity index is 1.85. The molecule has 0 unspecified atom stereocenters. The quantitative estimate of drug-likeness (QED) is 0.529. The zero-order valence-corrected chi connectivity index (χ0v) is 19.0. The van der Waals surface area contributed by atoms with Crippen LogP contribution in [0.2, 0.25) is 0 Å². The van der Waals surface area contributed by atoms with Crippen molar-refractivity contribution in [3.63, 3.8) is 0 Å². The molecule has 10 heteroatoms. The normalized spacial score (nSPS) is 11.8. The highest BCUT2D eigenvalue weighted by molar-refractivity contribution is 7.92. The second kappa shape index (κ2) is 10.7. The fourth-order valence-corrected chi connectivity index (χ4v) is 3.98. The summed E-state index contributed by atoms with van der Waals surface area (Å²) in [6.07, 6.45) is -3.50. The van der Waals surface area contributed by atoms with Gasteiger partial charge in [-0.15, -0.1) is 0 Å². The van der Waals surface area contributed by atoms with Crippen LogP contribution >= 0.6 is 0 Å². The Labute approximate surface area is 186 Å². The van der Waals surface area contributed by atoms with E-state index in [1.165, 1.54) is 6.07 Å².